The van der Waals surface area contributed by atoms with E-state index in [1.165, 1.54) is 11.1 Å². The highest BCUT2D eigenvalue weighted by Crippen LogP contribution is 2.17. The van der Waals surface area contributed by atoms with Gasteiger partial charge >= 0.3 is 12.2 Å². The number of amides is 3. The molecule has 8 heteroatoms. The number of rotatable bonds is 14. The molecule has 0 aliphatic carbocycles. The number of hydrogen-bond donors (Lipinski definition) is 5. The van der Waals surface area contributed by atoms with Crippen LogP contribution in [0.4, 0.5) is 9.59 Å². The third-order valence-corrected chi connectivity index (χ3v) is 5.48. The van der Waals surface area contributed by atoms with Crippen molar-refractivity contribution in [2.24, 2.45) is 5.92 Å². The molecule has 0 bridgehead atoms. The normalized spacial score (nSPS) is 11.5. The van der Waals surface area contributed by atoms with Crippen molar-refractivity contribution in [3.05, 3.63) is 71.8 Å². The standard InChI is InChI=1S/C25H33N3O5/c29-23(27-18-22(28-25(32)33)12-7-17-26-24(30)31)21(15-13-19-8-3-1-4-9-19)16-14-20-10-5-2-6-11-20/h1-6,8-11,21-22,26,28H,7,12-18H2,(H,27,29)(H,30,31)(H,32,33)/t22-/m0/s1. The zero-order valence-electron chi connectivity index (χ0n) is 18.7. The molecule has 2 aromatic carbocycles. The minimum atomic E-state index is -1.18. The Morgan fingerprint density at radius 3 is 1.76 bits per heavy atom. The van der Waals surface area contributed by atoms with Crippen LogP contribution in [0.2, 0.25) is 0 Å². The highest BCUT2D eigenvalue weighted by molar-refractivity contribution is 5.78. The summed E-state index contributed by atoms with van der Waals surface area (Å²) in [6.45, 7) is 0.378. The fourth-order valence-corrected chi connectivity index (χ4v) is 3.69. The lowest BCUT2D eigenvalue weighted by atomic mass is 9.92. The maximum Gasteiger partial charge on any atom is 0.404 e. The van der Waals surface area contributed by atoms with Crippen LogP contribution in [0.25, 0.3) is 0 Å². The van der Waals surface area contributed by atoms with E-state index in [4.69, 9.17) is 10.2 Å². The Morgan fingerprint density at radius 2 is 1.27 bits per heavy atom. The summed E-state index contributed by atoms with van der Waals surface area (Å²) >= 11 is 0. The molecule has 0 unspecified atom stereocenters. The fourth-order valence-electron chi connectivity index (χ4n) is 3.69. The van der Waals surface area contributed by atoms with E-state index < -0.39 is 18.2 Å². The Morgan fingerprint density at radius 1 is 0.727 bits per heavy atom. The molecule has 33 heavy (non-hydrogen) atoms. The zero-order valence-corrected chi connectivity index (χ0v) is 18.7. The monoisotopic (exact) mass is 455 g/mol. The molecule has 0 aliphatic rings. The van der Waals surface area contributed by atoms with Crippen LogP contribution in [-0.2, 0) is 17.6 Å². The van der Waals surface area contributed by atoms with Crippen LogP contribution >= 0.6 is 0 Å². The summed E-state index contributed by atoms with van der Waals surface area (Å²) in [5, 5.41) is 25.3. The van der Waals surface area contributed by atoms with Crippen molar-refractivity contribution in [3.8, 4) is 0 Å². The van der Waals surface area contributed by atoms with Gasteiger partial charge in [0, 0.05) is 25.0 Å². The van der Waals surface area contributed by atoms with Crippen LogP contribution in [-0.4, -0.2) is 47.4 Å². The largest absolute Gasteiger partial charge is 0.465 e. The molecule has 0 saturated heterocycles. The summed E-state index contributed by atoms with van der Waals surface area (Å²) < 4.78 is 0. The van der Waals surface area contributed by atoms with Gasteiger partial charge in [-0.05, 0) is 49.7 Å². The predicted octanol–water partition coefficient (Wildman–Crippen LogP) is 3.67. The van der Waals surface area contributed by atoms with E-state index in [-0.39, 0.29) is 24.9 Å². The first kappa shape index (κ1) is 25.7. The van der Waals surface area contributed by atoms with Gasteiger partial charge in [-0.1, -0.05) is 60.7 Å². The van der Waals surface area contributed by atoms with Gasteiger partial charge in [0.15, 0.2) is 0 Å². The highest BCUT2D eigenvalue weighted by atomic mass is 16.4. The molecule has 5 N–H and O–H groups in total. The SMILES string of the molecule is O=C(O)NCCC[C@@H](CNC(=O)C(CCc1ccccc1)CCc1ccccc1)NC(=O)O. The Kier molecular flexibility index (Phi) is 11.3. The molecule has 0 spiro atoms. The lowest BCUT2D eigenvalue weighted by molar-refractivity contribution is -0.125. The van der Waals surface area contributed by atoms with Crippen LogP contribution in [0, 0.1) is 5.92 Å². The second-order valence-electron chi connectivity index (χ2n) is 8.01. The van der Waals surface area contributed by atoms with Gasteiger partial charge in [-0.3, -0.25) is 4.79 Å². The fraction of sp³-hybridized carbons (Fsp3) is 0.400. The number of carboxylic acid groups (broad SMARTS) is 2. The summed E-state index contributed by atoms with van der Waals surface area (Å²) in [6.07, 6.45) is 1.53. The average molecular weight is 456 g/mol. The molecule has 178 valence electrons. The molecule has 0 radical (unpaired) electrons. The number of benzene rings is 2. The van der Waals surface area contributed by atoms with Gasteiger partial charge in [-0.2, -0.15) is 0 Å². The molecule has 0 aromatic heterocycles. The first-order valence-corrected chi connectivity index (χ1v) is 11.3. The number of aryl methyl sites for hydroxylation is 2. The van der Waals surface area contributed by atoms with Crippen molar-refractivity contribution in [2.45, 2.75) is 44.6 Å². The van der Waals surface area contributed by atoms with Gasteiger partial charge in [-0.25, -0.2) is 9.59 Å². The number of hydrogen-bond acceptors (Lipinski definition) is 3. The van der Waals surface area contributed by atoms with E-state index in [9.17, 15) is 14.4 Å². The van der Waals surface area contributed by atoms with Crippen molar-refractivity contribution in [3.63, 3.8) is 0 Å². The van der Waals surface area contributed by atoms with Gasteiger partial charge in [0.1, 0.15) is 0 Å². The third kappa shape index (κ3) is 11.0. The second-order valence-corrected chi connectivity index (χ2v) is 8.01. The summed E-state index contributed by atoms with van der Waals surface area (Å²) in [5.74, 6) is -0.299. The quantitative estimate of drug-likeness (QED) is 0.278. The molecule has 0 heterocycles. The predicted molar refractivity (Wildman–Crippen MR) is 126 cm³/mol. The van der Waals surface area contributed by atoms with E-state index >= 15 is 0 Å². The van der Waals surface area contributed by atoms with Crippen molar-refractivity contribution in [1.82, 2.24) is 16.0 Å². The van der Waals surface area contributed by atoms with E-state index in [1.54, 1.807) is 0 Å². The molecule has 2 aromatic rings. The number of carbonyl (C=O) groups excluding carboxylic acids is 1. The highest BCUT2D eigenvalue weighted by Gasteiger charge is 2.20. The Balaban J connectivity index is 1.93. The van der Waals surface area contributed by atoms with E-state index in [2.05, 4.69) is 16.0 Å². The van der Waals surface area contributed by atoms with Crippen molar-refractivity contribution in [2.75, 3.05) is 13.1 Å². The summed E-state index contributed by atoms with van der Waals surface area (Å²) in [6, 6.07) is 19.5. The number of carbonyl (C=O) groups is 3. The summed E-state index contributed by atoms with van der Waals surface area (Å²) in [5.41, 5.74) is 2.35. The average Bonchev–Trinajstić information content (AvgIpc) is 2.80. The van der Waals surface area contributed by atoms with Crippen LogP contribution in [0.1, 0.15) is 36.8 Å². The maximum absolute atomic E-state index is 13.0. The van der Waals surface area contributed by atoms with Crippen LogP contribution in [0.3, 0.4) is 0 Å². The Bertz CT molecular complexity index is 817. The van der Waals surface area contributed by atoms with Gasteiger partial charge in [0.2, 0.25) is 5.91 Å². The van der Waals surface area contributed by atoms with Gasteiger partial charge in [0.25, 0.3) is 0 Å². The first-order chi connectivity index (χ1) is 15.9. The topological polar surface area (TPSA) is 128 Å². The Hall–Kier alpha value is -3.55. The molecule has 2 rings (SSSR count). The Labute approximate surface area is 194 Å². The molecular formula is C25H33N3O5. The maximum atomic E-state index is 13.0. The number of nitrogens with one attached hydrogen (secondary N) is 3. The van der Waals surface area contributed by atoms with Crippen molar-refractivity contribution in [1.29, 1.82) is 0 Å². The molecule has 0 aliphatic heterocycles. The molecular weight excluding hydrogens is 422 g/mol. The second kappa shape index (κ2) is 14.5. The lowest BCUT2D eigenvalue weighted by Crippen LogP contribution is -2.45. The van der Waals surface area contributed by atoms with Crippen LogP contribution in [0.15, 0.2) is 60.7 Å². The zero-order chi connectivity index (χ0) is 23.9. The van der Waals surface area contributed by atoms with Crippen LogP contribution in [0.5, 0.6) is 0 Å². The lowest BCUT2D eigenvalue weighted by Gasteiger charge is -2.21. The first-order valence-electron chi connectivity index (χ1n) is 11.3. The van der Waals surface area contributed by atoms with Gasteiger partial charge in [0.05, 0.1) is 0 Å². The van der Waals surface area contributed by atoms with Crippen LogP contribution < -0.4 is 16.0 Å². The van der Waals surface area contributed by atoms with Crippen molar-refractivity contribution >= 4 is 18.1 Å². The van der Waals surface area contributed by atoms with E-state index in [0.717, 1.165) is 12.8 Å². The molecule has 8 nitrogen and oxygen atoms in total. The minimum Gasteiger partial charge on any atom is -0.465 e. The smallest absolute Gasteiger partial charge is 0.404 e. The van der Waals surface area contributed by atoms with Crippen molar-refractivity contribution < 1.29 is 24.6 Å². The van der Waals surface area contributed by atoms with E-state index in [1.807, 2.05) is 60.7 Å². The van der Waals surface area contributed by atoms with Gasteiger partial charge in [-0.15, -0.1) is 0 Å². The third-order valence-electron chi connectivity index (χ3n) is 5.48. The minimum absolute atomic E-state index is 0.0947. The van der Waals surface area contributed by atoms with Gasteiger partial charge < -0.3 is 26.2 Å². The summed E-state index contributed by atoms with van der Waals surface area (Å²) in [4.78, 5) is 34.7. The molecule has 1 atom stereocenters. The summed E-state index contributed by atoms with van der Waals surface area (Å²) in [7, 11) is 0. The van der Waals surface area contributed by atoms with E-state index in [0.29, 0.717) is 25.7 Å². The molecule has 0 fully saturated rings. The molecule has 0 saturated carbocycles. The molecule has 3 amide bonds.